The van der Waals surface area contributed by atoms with Crippen LogP contribution in [0.5, 0.6) is 0 Å². The largest absolute Gasteiger partial charge is 0.453 e. The fourth-order valence-electron chi connectivity index (χ4n) is 3.82. The first-order valence-electron chi connectivity index (χ1n) is 9.61. The number of fused-ring (bicyclic) bond motifs is 1. The van der Waals surface area contributed by atoms with E-state index in [0.717, 1.165) is 22.1 Å². The standard InChI is InChI=1S/C23H22ClN3O3/c1-13-17-11-16(24)7-8-19(17)30-21(13)18(28)10-14-5-4-6-15(9-14)23(2)12-20(29)27(3)22(25)26-23/h4-9,11H,10,12H2,1-3H3,(H2,25,26). The number of rotatable bonds is 4. The Hall–Kier alpha value is -3.12. The van der Waals surface area contributed by atoms with Crippen molar-refractivity contribution in [1.29, 1.82) is 0 Å². The summed E-state index contributed by atoms with van der Waals surface area (Å²) in [6.45, 7) is 3.73. The lowest BCUT2D eigenvalue weighted by atomic mass is 9.86. The number of hydrogen-bond donors (Lipinski definition) is 1. The summed E-state index contributed by atoms with van der Waals surface area (Å²) < 4.78 is 5.80. The smallest absolute Gasteiger partial charge is 0.231 e. The van der Waals surface area contributed by atoms with Crippen molar-refractivity contribution in [3.05, 3.63) is 69.9 Å². The van der Waals surface area contributed by atoms with E-state index in [0.29, 0.717) is 16.4 Å². The number of carbonyl (C=O) groups is 2. The minimum absolute atomic E-state index is 0.0944. The van der Waals surface area contributed by atoms with Crippen LogP contribution in [0.25, 0.3) is 11.0 Å². The molecule has 0 saturated heterocycles. The number of halogens is 1. The molecule has 2 N–H and O–H groups in total. The number of aliphatic imine (C=N–C) groups is 1. The summed E-state index contributed by atoms with van der Waals surface area (Å²) in [6.07, 6.45) is 0.385. The first-order chi connectivity index (χ1) is 14.2. The monoisotopic (exact) mass is 423 g/mol. The lowest BCUT2D eigenvalue weighted by molar-refractivity contribution is -0.128. The van der Waals surface area contributed by atoms with Gasteiger partial charge in [0, 0.05) is 29.4 Å². The molecule has 1 aromatic heterocycles. The van der Waals surface area contributed by atoms with Gasteiger partial charge in [-0.2, -0.15) is 0 Å². The minimum Gasteiger partial charge on any atom is -0.453 e. The molecule has 0 saturated carbocycles. The third-order valence-electron chi connectivity index (χ3n) is 5.64. The van der Waals surface area contributed by atoms with E-state index in [4.69, 9.17) is 21.8 Å². The molecule has 1 aliphatic heterocycles. The van der Waals surface area contributed by atoms with Gasteiger partial charge in [-0.05, 0) is 43.2 Å². The maximum atomic E-state index is 13.0. The molecule has 3 aromatic rings. The Morgan fingerprint density at radius 3 is 2.80 bits per heavy atom. The number of nitrogens with two attached hydrogens (primary N) is 1. The van der Waals surface area contributed by atoms with Crippen molar-refractivity contribution in [2.75, 3.05) is 7.05 Å². The van der Waals surface area contributed by atoms with E-state index in [9.17, 15) is 9.59 Å². The summed E-state index contributed by atoms with van der Waals surface area (Å²) in [4.78, 5) is 31.1. The predicted octanol–water partition coefficient (Wildman–Crippen LogP) is 4.21. The molecule has 6 nitrogen and oxygen atoms in total. The van der Waals surface area contributed by atoms with Gasteiger partial charge in [-0.25, -0.2) is 4.99 Å². The van der Waals surface area contributed by atoms with E-state index in [1.165, 1.54) is 4.90 Å². The van der Waals surface area contributed by atoms with Crippen molar-refractivity contribution >= 4 is 40.2 Å². The van der Waals surface area contributed by atoms with Crippen molar-refractivity contribution in [2.45, 2.75) is 32.2 Å². The molecule has 30 heavy (non-hydrogen) atoms. The number of benzene rings is 2. The third-order valence-corrected chi connectivity index (χ3v) is 5.87. The molecule has 1 aliphatic rings. The van der Waals surface area contributed by atoms with Gasteiger partial charge in [0.15, 0.2) is 11.7 Å². The summed E-state index contributed by atoms with van der Waals surface area (Å²) in [5.74, 6) is 0.306. The van der Waals surface area contributed by atoms with E-state index in [1.54, 1.807) is 25.2 Å². The summed E-state index contributed by atoms with van der Waals surface area (Å²) in [5.41, 5.74) is 8.22. The molecule has 7 heteroatoms. The maximum absolute atomic E-state index is 13.0. The molecular weight excluding hydrogens is 402 g/mol. The zero-order valence-corrected chi connectivity index (χ0v) is 17.8. The van der Waals surface area contributed by atoms with Gasteiger partial charge in [0.2, 0.25) is 11.7 Å². The Balaban J connectivity index is 1.63. The van der Waals surface area contributed by atoms with Crippen LogP contribution in [0.1, 0.15) is 40.6 Å². The van der Waals surface area contributed by atoms with Crippen molar-refractivity contribution in [3.63, 3.8) is 0 Å². The number of hydrogen-bond acceptors (Lipinski definition) is 5. The number of Topliss-reactive ketones (excluding diaryl/α,β-unsaturated/α-hetero) is 1. The van der Waals surface area contributed by atoms with Gasteiger partial charge in [-0.15, -0.1) is 0 Å². The predicted molar refractivity (Wildman–Crippen MR) is 117 cm³/mol. The molecule has 0 bridgehead atoms. The molecule has 4 rings (SSSR count). The topological polar surface area (TPSA) is 88.9 Å². The molecule has 0 radical (unpaired) electrons. The Labute approximate surface area is 179 Å². The highest BCUT2D eigenvalue weighted by Crippen LogP contribution is 2.34. The summed E-state index contributed by atoms with van der Waals surface area (Å²) in [7, 11) is 1.61. The highest BCUT2D eigenvalue weighted by Gasteiger charge is 2.36. The molecule has 1 atom stereocenters. The first kappa shape index (κ1) is 20.2. The van der Waals surface area contributed by atoms with Gasteiger partial charge >= 0.3 is 0 Å². The van der Waals surface area contributed by atoms with Crippen LogP contribution in [0.15, 0.2) is 51.9 Å². The average Bonchev–Trinajstić information content (AvgIpc) is 3.02. The number of carbonyl (C=O) groups excluding carboxylic acids is 2. The molecule has 2 aromatic carbocycles. The van der Waals surface area contributed by atoms with Crippen molar-refractivity contribution in [1.82, 2.24) is 4.90 Å². The second-order valence-electron chi connectivity index (χ2n) is 7.87. The maximum Gasteiger partial charge on any atom is 0.231 e. The molecule has 0 fully saturated rings. The van der Waals surface area contributed by atoms with Crippen LogP contribution in [0.3, 0.4) is 0 Å². The van der Waals surface area contributed by atoms with Gasteiger partial charge < -0.3 is 10.2 Å². The van der Waals surface area contributed by atoms with E-state index < -0.39 is 5.54 Å². The Morgan fingerprint density at radius 1 is 1.30 bits per heavy atom. The molecular formula is C23H22ClN3O3. The molecule has 154 valence electrons. The van der Waals surface area contributed by atoms with E-state index in [2.05, 4.69) is 4.99 Å². The quantitative estimate of drug-likeness (QED) is 0.636. The van der Waals surface area contributed by atoms with Gasteiger partial charge in [0.25, 0.3) is 0 Å². The Morgan fingerprint density at radius 2 is 2.07 bits per heavy atom. The van der Waals surface area contributed by atoms with E-state index in [-0.39, 0.29) is 30.5 Å². The van der Waals surface area contributed by atoms with Crippen molar-refractivity contribution in [2.24, 2.45) is 10.7 Å². The summed E-state index contributed by atoms with van der Waals surface area (Å²) in [5, 5.41) is 1.43. The first-order valence-corrected chi connectivity index (χ1v) is 9.99. The minimum atomic E-state index is -0.765. The van der Waals surface area contributed by atoms with Crippen LogP contribution in [-0.4, -0.2) is 29.6 Å². The normalized spacial score (nSPS) is 19.3. The Bertz CT molecular complexity index is 1210. The van der Waals surface area contributed by atoms with Crippen molar-refractivity contribution in [3.8, 4) is 0 Å². The number of ketones is 1. The molecule has 0 aliphatic carbocycles. The van der Waals surface area contributed by atoms with Crippen molar-refractivity contribution < 1.29 is 14.0 Å². The lowest BCUT2D eigenvalue weighted by Gasteiger charge is -2.33. The van der Waals surface area contributed by atoms with Gasteiger partial charge in [0.1, 0.15) is 5.58 Å². The fraction of sp³-hybridized carbons (Fsp3) is 0.261. The number of nitrogens with zero attached hydrogens (tertiary/aromatic N) is 2. The molecule has 1 amide bonds. The number of guanidine groups is 1. The third kappa shape index (κ3) is 3.48. The van der Waals surface area contributed by atoms with Gasteiger partial charge in [-0.1, -0.05) is 35.9 Å². The SMILES string of the molecule is Cc1c(C(=O)Cc2cccc(C3(C)CC(=O)N(C)C(N)=N3)c2)oc2ccc(Cl)cc12. The van der Waals surface area contributed by atoms with Crippen LogP contribution in [0.2, 0.25) is 5.02 Å². The van der Waals surface area contributed by atoms with Crippen LogP contribution >= 0.6 is 11.6 Å². The molecule has 0 spiro atoms. The average molecular weight is 424 g/mol. The number of furan rings is 1. The molecule has 2 heterocycles. The summed E-state index contributed by atoms with van der Waals surface area (Å²) >= 11 is 6.07. The summed E-state index contributed by atoms with van der Waals surface area (Å²) in [6, 6.07) is 12.8. The number of aryl methyl sites for hydroxylation is 1. The highest BCUT2D eigenvalue weighted by atomic mass is 35.5. The second kappa shape index (κ2) is 7.29. The van der Waals surface area contributed by atoms with E-state index in [1.807, 2.05) is 38.1 Å². The zero-order chi connectivity index (χ0) is 21.6. The van der Waals surface area contributed by atoms with E-state index >= 15 is 0 Å². The lowest BCUT2D eigenvalue weighted by Crippen LogP contribution is -2.47. The van der Waals surface area contributed by atoms with Gasteiger partial charge in [-0.3, -0.25) is 14.5 Å². The fourth-order valence-corrected chi connectivity index (χ4v) is 3.99. The number of amides is 1. The van der Waals surface area contributed by atoms with Gasteiger partial charge in [0.05, 0.1) is 12.0 Å². The van der Waals surface area contributed by atoms with Crippen LogP contribution in [-0.2, 0) is 16.8 Å². The zero-order valence-electron chi connectivity index (χ0n) is 17.0. The van der Waals surface area contributed by atoms with Crippen LogP contribution < -0.4 is 5.73 Å². The second-order valence-corrected chi connectivity index (χ2v) is 8.31. The van der Waals surface area contributed by atoms with Crippen LogP contribution in [0.4, 0.5) is 0 Å². The van der Waals surface area contributed by atoms with Crippen LogP contribution in [0, 0.1) is 6.92 Å². The molecule has 1 unspecified atom stereocenters. The Kier molecular flexibility index (Phi) is 4.90. The highest BCUT2D eigenvalue weighted by molar-refractivity contribution is 6.31.